The summed E-state index contributed by atoms with van der Waals surface area (Å²) in [6.07, 6.45) is -0.0366. The third kappa shape index (κ3) is 6.14. The number of hydrogen-bond acceptors (Lipinski definition) is 6. The highest BCUT2D eigenvalue weighted by Gasteiger charge is 2.53. The molecular weight excluding hydrogens is 476 g/mol. The molecule has 3 rings (SSSR count). The molecule has 2 N–H and O–H groups in total. The van der Waals surface area contributed by atoms with Gasteiger partial charge in [-0.2, -0.15) is 8.78 Å². The Morgan fingerprint density at radius 1 is 1.17 bits per heavy atom. The standard InChI is InChI=1S/C25H29F2N3O6/c1-15(2)17-6-4-5-7-18(17)25(13-30(14-25)20(31)10-11-35-12-21(32)33)23(34)29-19-9-8-16(3)28-22(19)36-24(26)27/h4-9,15,24H,10-14H2,1-3H3,(H,29,34)(H,32,33). The first kappa shape index (κ1) is 27.0. The second kappa shape index (κ2) is 11.4. The molecule has 194 valence electrons. The summed E-state index contributed by atoms with van der Waals surface area (Å²) in [6.45, 7) is 2.02. The maximum atomic E-state index is 13.7. The van der Waals surface area contributed by atoms with Gasteiger partial charge in [0.1, 0.15) is 17.7 Å². The largest absolute Gasteiger partial charge is 0.480 e. The Labute approximate surface area is 207 Å². The molecular formula is C25H29F2N3O6. The van der Waals surface area contributed by atoms with Crippen LogP contribution in [0, 0.1) is 6.92 Å². The van der Waals surface area contributed by atoms with Crippen LogP contribution < -0.4 is 10.1 Å². The number of aliphatic carboxylic acids is 1. The highest BCUT2D eigenvalue weighted by molar-refractivity contribution is 6.02. The van der Waals surface area contributed by atoms with Crippen LogP contribution in [0.1, 0.15) is 43.0 Å². The van der Waals surface area contributed by atoms with Gasteiger partial charge in [0.05, 0.1) is 13.0 Å². The summed E-state index contributed by atoms with van der Waals surface area (Å²) in [6, 6.07) is 10.4. The predicted octanol–water partition coefficient (Wildman–Crippen LogP) is 3.32. The predicted molar refractivity (Wildman–Crippen MR) is 126 cm³/mol. The van der Waals surface area contributed by atoms with Gasteiger partial charge in [0.2, 0.25) is 17.7 Å². The zero-order chi connectivity index (χ0) is 26.5. The summed E-state index contributed by atoms with van der Waals surface area (Å²) >= 11 is 0. The first-order chi connectivity index (χ1) is 17.0. The van der Waals surface area contributed by atoms with Crippen molar-refractivity contribution in [1.82, 2.24) is 9.88 Å². The molecule has 0 radical (unpaired) electrons. The minimum absolute atomic E-state index is 0.000787. The van der Waals surface area contributed by atoms with E-state index in [0.29, 0.717) is 5.69 Å². The van der Waals surface area contributed by atoms with E-state index in [2.05, 4.69) is 15.0 Å². The first-order valence-electron chi connectivity index (χ1n) is 11.4. The van der Waals surface area contributed by atoms with Gasteiger partial charge in [-0.1, -0.05) is 38.1 Å². The fourth-order valence-electron chi connectivity index (χ4n) is 4.18. The first-order valence-corrected chi connectivity index (χ1v) is 11.4. The molecule has 0 unspecified atom stereocenters. The number of pyridine rings is 1. The highest BCUT2D eigenvalue weighted by atomic mass is 19.3. The Bertz CT molecular complexity index is 1120. The van der Waals surface area contributed by atoms with Crippen molar-refractivity contribution in [3.05, 3.63) is 53.2 Å². The molecule has 2 aromatic rings. The number of nitrogens with one attached hydrogen (secondary N) is 1. The second-order valence-corrected chi connectivity index (χ2v) is 8.91. The molecule has 36 heavy (non-hydrogen) atoms. The van der Waals surface area contributed by atoms with Gasteiger partial charge < -0.3 is 24.8 Å². The number of benzene rings is 1. The number of carbonyl (C=O) groups excluding carboxylic acids is 2. The van der Waals surface area contributed by atoms with Crippen molar-refractivity contribution in [1.29, 1.82) is 0 Å². The Hall–Kier alpha value is -3.60. The SMILES string of the molecule is Cc1ccc(NC(=O)C2(c3ccccc3C(C)C)CN(C(=O)CCOCC(=O)O)C2)c(OC(F)F)n1. The van der Waals surface area contributed by atoms with E-state index < -0.39 is 36.4 Å². The topological polar surface area (TPSA) is 118 Å². The van der Waals surface area contributed by atoms with Crippen LogP contribution in [0.25, 0.3) is 0 Å². The van der Waals surface area contributed by atoms with Crippen LogP contribution in [0.2, 0.25) is 0 Å². The fourth-order valence-corrected chi connectivity index (χ4v) is 4.18. The van der Waals surface area contributed by atoms with E-state index in [9.17, 15) is 23.2 Å². The van der Waals surface area contributed by atoms with Crippen LogP contribution in [-0.2, 0) is 24.5 Å². The van der Waals surface area contributed by atoms with Crippen LogP contribution >= 0.6 is 0 Å². The zero-order valence-corrected chi connectivity index (χ0v) is 20.3. The van der Waals surface area contributed by atoms with Gasteiger partial charge in [-0.05, 0) is 36.1 Å². The third-order valence-corrected chi connectivity index (χ3v) is 5.94. The van der Waals surface area contributed by atoms with Crippen LogP contribution in [0.15, 0.2) is 36.4 Å². The average molecular weight is 506 g/mol. The summed E-state index contributed by atoms with van der Waals surface area (Å²) < 4.78 is 35.3. The minimum Gasteiger partial charge on any atom is -0.480 e. The number of rotatable bonds is 11. The van der Waals surface area contributed by atoms with E-state index in [1.807, 2.05) is 32.0 Å². The number of aryl methyl sites for hydroxylation is 1. The van der Waals surface area contributed by atoms with Crippen LogP contribution in [0.4, 0.5) is 14.5 Å². The monoisotopic (exact) mass is 505 g/mol. The molecule has 0 atom stereocenters. The number of carboxylic acid groups (broad SMARTS) is 1. The highest BCUT2D eigenvalue weighted by Crippen LogP contribution is 2.40. The van der Waals surface area contributed by atoms with Crippen molar-refractivity contribution in [3.63, 3.8) is 0 Å². The molecule has 0 saturated carbocycles. The lowest BCUT2D eigenvalue weighted by Crippen LogP contribution is -2.66. The summed E-state index contributed by atoms with van der Waals surface area (Å²) in [5, 5.41) is 11.3. The molecule has 9 nitrogen and oxygen atoms in total. The lowest BCUT2D eigenvalue weighted by atomic mass is 9.69. The van der Waals surface area contributed by atoms with Crippen LogP contribution in [0.3, 0.4) is 0 Å². The number of hydrogen-bond donors (Lipinski definition) is 2. The number of likely N-dealkylation sites (tertiary alicyclic amines) is 1. The molecule has 1 aliphatic rings. The molecule has 1 aliphatic heterocycles. The molecule has 2 amide bonds. The Kier molecular flexibility index (Phi) is 8.57. The zero-order valence-electron chi connectivity index (χ0n) is 20.3. The van der Waals surface area contributed by atoms with Gasteiger partial charge in [-0.3, -0.25) is 9.59 Å². The molecule has 2 heterocycles. The Morgan fingerprint density at radius 3 is 2.50 bits per heavy atom. The van der Waals surface area contributed by atoms with Crippen molar-refractivity contribution in [2.24, 2.45) is 0 Å². The van der Waals surface area contributed by atoms with Gasteiger partial charge in [-0.25, -0.2) is 9.78 Å². The average Bonchev–Trinajstić information content (AvgIpc) is 2.77. The number of aromatic nitrogens is 1. The van der Waals surface area contributed by atoms with Gasteiger partial charge in [0.15, 0.2) is 0 Å². The quantitative estimate of drug-likeness (QED) is 0.450. The molecule has 1 saturated heterocycles. The maximum absolute atomic E-state index is 13.7. The lowest BCUT2D eigenvalue weighted by Gasteiger charge is -2.50. The van der Waals surface area contributed by atoms with Crippen molar-refractivity contribution in [2.75, 3.05) is 31.6 Å². The summed E-state index contributed by atoms with van der Waals surface area (Å²) in [7, 11) is 0. The molecule has 11 heteroatoms. The second-order valence-electron chi connectivity index (χ2n) is 8.91. The third-order valence-electron chi connectivity index (χ3n) is 5.94. The number of carboxylic acids is 1. The summed E-state index contributed by atoms with van der Waals surface area (Å²) in [4.78, 5) is 42.4. The van der Waals surface area contributed by atoms with Crippen molar-refractivity contribution < 1.29 is 37.7 Å². The summed E-state index contributed by atoms with van der Waals surface area (Å²) in [5.74, 6) is -2.21. The summed E-state index contributed by atoms with van der Waals surface area (Å²) in [5.41, 5.74) is 0.967. The maximum Gasteiger partial charge on any atom is 0.388 e. The van der Waals surface area contributed by atoms with Gasteiger partial charge in [0.25, 0.3) is 0 Å². The van der Waals surface area contributed by atoms with Crippen molar-refractivity contribution in [3.8, 4) is 5.88 Å². The Balaban J connectivity index is 1.87. The number of nitrogens with zero attached hydrogens (tertiary/aromatic N) is 2. The molecule has 0 bridgehead atoms. The van der Waals surface area contributed by atoms with E-state index in [4.69, 9.17) is 9.84 Å². The lowest BCUT2D eigenvalue weighted by molar-refractivity contribution is -0.148. The van der Waals surface area contributed by atoms with E-state index in [1.54, 1.807) is 19.1 Å². The van der Waals surface area contributed by atoms with E-state index in [-0.39, 0.29) is 43.6 Å². The number of halogens is 2. The Morgan fingerprint density at radius 2 is 1.86 bits per heavy atom. The van der Waals surface area contributed by atoms with Gasteiger partial charge >= 0.3 is 12.6 Å². The fraction of sp³-hybridized carbons (Fsp3) is 0.440. The number of ether oxygens (including phenoxy) is 2. The van der Waals surface area contributed by atoms with Gasteiger partial charge in [0, 0.05) is 18.8 Å². The number of alkyl halides is 2. The molecule has 1 aromatic carbocycles. The molecule has 0 aliphatic carbocycles. The smallest absolute Gasteiger partial charge is 0.388 e. The van der Waals surface area contributed by atoms with E-state index in [1.165, 1.54) is 11.0 Å². The van der Waals surface area contributed by atoms with Crippen LogP contribution in [0.5, 0.6) is 5.88 Å². The minimum atomic E-state index is -3.12. The van der Waals surface area contributed by atoms with Gasteiger partial charge in [-0.15, -0.1) is 0 Å². The number of amides is 2. The van der Waals surface area contributed by atoms with Crippen molar-refractivity contribution in [2.45, 2.75) is 45.1 Å². The van der Waals surface area contributed by atoms with E-state index in [0.717, 1.165) is 11.1 Å². The van der Waals surface area contributed by atoms with Crippen LogP contribution in [-0.4, -0.2) is 65.7 Å². The number of anilines is 1. The molecule has 1 fully saturated rings. The normalized spacial score (nSPS) is 14.5. The molecule has 1 aromatic heterocycles. The molecule has 0 spiro atoms. The van der Waals surface area contributed by atoms with Crippen molar-refractivity contribution >= 4 is 23.5 Å². The van der Waals surface area contributed by atoms with E-state index >= 15 is 0 Å². The number of carbonyl (C=O) groups is 3.